The van der Waals surface area contributed by atoms with Gasteiger partial charge in [-0.05, 0) is 42.5 Å². The van der Waals surface area contributed by atoms with Crippen LogP contribution in [0.3, 0.4) is 0 Å². The summed E-state index contributed by atoms with van der Waals surface area (Å²) >= 11 is 12.0. The van der Waals surface area contributed by atoms with E-state index in [1.165, 1.54) is 0 Å². The first-order valence-corrected chi connectivity index (χ1v) is 8.36. The Morgan fingerprint density at radius 2 is 2.11 bits per heavy atom. The molecule has 1 fully saturated rings. The van der Waals surface area contributed by atoms with E-state index in [4.69, 9.17) is 28.9 Å². The van der Waals surface area contributed by atoms with Crippen LogP contribution in [0.25, 0.3) is 0 Å². The highest BCUT2D eigenvalue weighted by Gasteiger charge is 2.29. The van der Waals surface area contributed by atoms with Gasteiger partial charge in [-0.25, -0.2) is 8.42 Å². The van der Waals surface area contributed by atoms with E-state index in [0.29, 0.717) is 22.9 Å². The SMILES string of the molecule is NC(CC1CCS(=O)(=O)C1)c1cc(Cl)ccc1Cl. The lowest BCUT2D eigenvalue weighted by Crippen LogP contribution is -2.17. The fraction of sp³-hybridized carbons (Fsp3) is 0.500. The van der Waals surface area contributed by atoms with Crippen molar-refractivity contribution in [2.24, 2.45) is 11.7 Å². The summed E-state index contributed by atoms with van der Waals surface area (Å²) in [5, 5.41) is 1.16. The van der Waals surface area contributed by atoms with E-state index < -0.39 is 9.84 Å². The monoisotopic (exact) mass is 307 g/mol. The topological polar surface area (TPSA) is 60.2 Å². The summed E-state index contributed by atoms with van der Waals surface area (Å²) in [7, 11) is -2.86. The second-order valence-corrected chi connectivity index (χ2v) is 7.85. The van der Waals surface area contributed by atoms with Crippen LogP contribution in [0.15, 0.2) is 18.2 Å². The predicted molar refractivity (Wildman–Crippen MR) is 74.8 cm³/mol. The van der Waals surface area contributed by atoms with E-state index in [2.05, 4.69) is 0 Å². The molecule has 1 aliphatic heterocycles. The molecule has 0 bridgehead atoms. The molecule has 0 spiro atoms. The van der Waals surface area contributed by atoms with Crippen molar-refractivity contribution in [2.45, 2.75) is 18.9 Å². The zero-order valence-electron chi connectivity index (χ0n) is 9.77. The maximum absolute atomic E-state index is 11.4. The Bertz CT molecular complexity index is 545. The average molecular weight is 308 g/mol. The summed E-state index contributed by atoms with van der Waals surface area (Å²) in [5.41, 5.74) is 6.88. The van der Waals surface area contributed by atoms with E-state index >= 15 is 0 Å². The zero-order chi connectivity index (χ0) is 13.3. The summed E-state index contributed by atoms with van der Waals surface area (Å²) in [6.45, 7) is 0. The van der Waals surface area contributed by atoms with Crippen molar-refractivity contribution in [3.63, 3.8) is 0 Å². The van der Waals surface area contributed by atoms with Crippen LogP contribution >= 0.6 is 23.2 Å². The number of nitrogens with two attached hydrogens (primary N) is 1. The first-order valence-electron chi connectivity index (χ1n) is 5.78. The number of hydrogen-bond acceptors (Lipinski definition) is 3. The molecule has 1 saturated heterocycles. The van der Waals surface area contributed by atoms with E-state index in [9.17, 15) is 8.42 Å². The van der Waals surface area contributed by atoms with Crippen molar-refractivity contribution in [3.8, 4) is 0 Å². The zero-order valence-corrected chi connectivity index (χ0v) is 12.1. The van der Waals surface area contributed by atoms with Gasteiger partial charge in [0, 0.05) is 16.1 Å². The molecular formula is C12H15Cl2NO2S. The minimum Gasteiger partial charge on any atom is -0.324 e. The minimum absolute atomic E-state index is 0.125. The Kier molecular flexibility index (Phi) is 4.22. The molecule has 0 aromatic heterocycles. The smallest absolute Gasteiger partial charge is 0.150 e. The normalized spacial score (nSPS) is 24.1. The van der Waals surface area contributed by atoms with Crippen LogP contribution in [-0.2, 0) is 9.84 Å². The Hall–Kier alpha value is -0.290. The molecule has 0 amide bonds. The highest BCUT2D eigenvalue weighted by atomic mass is 35.5. The molecule has 2 atom stereocenters. The molecule has 0 aliphatic carbocycles. The Morgan fingerprint density at radius 3 is 2.72 bits per heavy atom. The Balaban J connectivity index is 2.08. The largest absolute Gasteiger partial charge is 0.324 e. The van der Waals surface area contributed by atoms with Crippen LogP contribution in [0.5, 0.6) is 0 Å². The molecule has 2 unspecified atom stereocenters. The third-order valence-electron chi connectivity index (χ3n) is 3.27. The summed E-state index contributed by atoms with van der Waals surface area (Å²) in [6, 6.07) is 4.90. The minimum atomic E-state index is -2.86. The maximum atomic E-state index is 11.4. The number of halogens is 2. The van der Waals surface area contributed by atoms with Crippen molar-refractivity contribution < 1.29 is 8.42 Å². The number of sulfone groups is 1. The lowest BCUT2D eigenvalue weighted by molar-refractivity contribution is 0.481. The predicted octanol–water partition coefficient (Wildman–Crippen LogP) is 2.82. The summed E-state index contributed by atoms with van der Waals surface area (Å²) in [4.78, 5) is 0. The van der Waals surface area contributed by atoms with Gasteiger partial charge in [0.25, 0.3) is 0 Å². The van der Waals surface area contributed by atoms with E-state index in [1.54, 1.807) is 18.2 Å². The van der Waals surface area contributed by atoms with Crippen LogP contribution in [0.2, 0.25) is 10.0 Å². The first-order chi connectivity index (χ1) is 8.37. The molecule has 2 rings (SSSR count). The quantitative estimate of drug-likeness (QED) is 0.934. The third-order valence-corrected chi connectivity index (χ3v) is 5.69. The van der Waals surface area contributed by atoms with Gasteiger partial charge in [0.15, 0.2) is 9.84 Å². The van der Waals surface area contributed by atoms with Crippen molar-refractivity contribution in [3.05, 3.63) is 33.8 Å². The molecule has 2 N–H and O–H groups in total. The van der Waals surface area contributed by atoms with Crippen molar-refractivity contribution in [1.82, 2.24) is 0 Å². The Morgan fingerprint density at radius 1 is 1.39 bits per heavy atom. The van der Waals surface area contributed by atoms with Crippen LogP contribution in [0, 0.1) is 5.92 Å². The van der Waals surface area contributed by atoms with E-state index in [-0.39, 0.29) is 23.5 Å². The van der Waals surface area contributed by atoms with Crippen LogP contribution in [0.1, 0.15) is 24.4 Å². The molecular weight excluding hydrogens is 293 g/mol. The highest BCUT2D eigenvalue weighted by molar-refractivity contribution is 7.91. The van der Waals surface area contributed by atoms with Crippen molar-refractivity contribution in [1.29, 1.82) is 0 Å². The lowest BCUT2D eigenvalue weighted by atomic mass is 9.95. The van der Waals surface area contributed by atoms with E-state index in [0.717, 1.165) is 5.56 Å². The highest BCUT2D eigenvalue weighted by Crippen LogP contribution is 2.32. The Labute approximate surface area is 117 Å². The number of hydrogen-bond donors (Lipinski definition) is 1. The number of benzene rings is 1. The summed E-state index contributed by atoms with van der Waals surface area (Å²) in [6.07, 6.45) is 1.31. The maximum Gasteiger partial charge on any atom is 0.150 e. The molecule has 1 aromatic rings. The summed E-state index contributed by atoms with van der Waals surface area (Å²) < 4.78 is 22.8. The van der Waals surface area contributed by atoms with Crippen LogP contribution < -0.4 is 5.73 Å². The lowest BCUT2D eigenvalue weighted by Gasteiger charge is -2.17. The number of rotatable bonds is 3. The van der Waals surface area contributed by atoms with Gasteiger partial charge in [-0.3, -0.25) is 0 Å². The third kappa shape index (κ3) is 3.38. The second-order valence-electron chi connectivity index (χ2n) is 4.78. The molecule has 3 nitrogen and oxygen atoms in total. The molecule has 0 radical (unpaired) electrons. The molecule has 1 aromatic carbocycles. The van der Waals surface area contributed by atoms with Crippen molar-refractivity contribution >= 4 is 33.0 Å². The van der Waals surface area contributed by atoms with E-state index in [1.807, 2.05) is 0 Å². The van der Waals surface area contributed by atoms with Gasteiger partial charge < -0.3 is 5.73 Å². The fourth-order valence-corrected chi connectivity index (χ4v) is 4.66. The standard InChI is InChI=1S/C12H15Cl2NO2S/c13-9-1-2-11(14)10(6-9)12(15)5-8-3-4-18(16,17)7-8/h1-2,6,8,12H,3-5,7,15H2. The first kappa shape index (κ1) is 14.1. The van der Waals surface area contributed by atoms with Gasteiger partial charge in [0.05, 0.1) is 11.5 Å². The average Bonchev–Trinajstić information content (AvgIpc) is 2.61. The van der Waals surface area contributed by atoms with Gasteiger partial charge in [-0.2, -0.15) is 0 Å². The van der Waals surface area contributed by atoms with Gasteiger partial charge in [0.1, 0.15) is 0 Å². The molecule has 1 aliphatic rings. The van der Waals surface area contributed by atoms with Crippen molar-refractivity contribution in [2.75, 3.05) is 11.5 Å². The van der Waals surface area contributed by atoms with Crippen LogP contribution in [0.4, 0.5) is 0 Å². The molecule has 1 heterocycles. The molecule has 0 saturated carbocycles. The summed E-state index contributed by atoms with van der Waals surface area (Å²) in [5.74, 6) is 0.632. The van der Waals surface area contributed by atoms with Gasteiger partial charge >= 0.3 is 0 Å². The van der Waals surface area contributed by atoms with Crippen LogP contribution in [-0.4, -0.2) is 19.9 Å². The fourth-order valence-electron chi connectivity index (χ4n) is 2.34. The second kappa shape index (κ2) is 5.37. The van der Waals surface area contributed by atoms with Gasteiger partial charge in [-0.1, -0.05) is 23.2 Å². The van der Waals surface area contributed by atoms with Gasteiger partial charge in [0.2, 0.25) is 0 Å². The molecule has 100 valence electrons. The molecule has 18 heavy (non-hydrogen) atoms. The van der Waals surface area contributed by atoms with Gasteiger partial charge in [-0.15, -0.1) is 0 Å². The molecule has 6 heteroatoms.